The largest absolute Gasteiger partial charge is 0.481 e. The van der Waals surface area contributed by atoms with Gasteiger partial charge in [0.15, 0.2) is 0 Å². The van der Waals surface area contributed by atoms with E-state index in [0.29, 0.717) is 18.5 Å². The van der Waals surface area contributed by atoms with Gasteiger partial charge in [-0.2, -0.15) is 0 Å². The minimum atomic E-state index is -0.724. The average Bonchev–Trinajstić information content (AvgIpc) is 3.43. The first kappa shape index (κ1) is 20.3. The molecule has 5 heteroatoms. The number of nitrogens with zero attached hydrogens (tertiary/aromatic N) is 1. The molecule has 2 atom stereocenters. The number of benzene rings is 1. The van der Waals surface area contributed by atoms with Gasteiger partial charge in [0, 0.05) is 37.6 Å². The van der Waals surface area contributed by atoms with Gasteiger partial charge in [0.1, 0.15) is 0 Å². The van der Waals surface area contributed by atoms with Gasteiger partial charge in [-0.1, -0.05) is 30.3 Å². The Balaban J connectivity index is 1.50. The van der Waals surface area contributed by atoms with E-state index in [1.54, 1.807) is 7.11 Å². The second-order valence-electron chi connectivity index (χ2n) is 9.14. The molecule has 1 aliphatic carbocycles. The minimum absolute atomic E-state index is 0.155. The summed E-state index contributed by atoms with van der Waals surface area (Å²) in [7, 11) is 1.78. The van der Waals surface area contributed by atoms with Crippen LogP contribution < -0.4 is 5.32 Å². The molecule has 0 bridgehead atoms. The lowest BCUT2D eigenvalue weighted by atomic mass is 9.78. The monoisotopic (exact) mass is 374 g/mol. The fraction of sp³-hybridized carbons (Fsp3) is 0.682. The molecule has 2 fully saturated rings. The number of piperidine rings is 1. The lowest BCUT2D eigenvalue weighted by Crippen LogP contribution is -2.50. The van der Waals surface area contributed by atoms with Crippen LogP contribution in [0.3, 0.4) is 0 Å². The molecule has 2 aliphatic rings. The second kappa shape index (κ2) is 8.29. The summed E-state index contributed by atoms with van der Waals surface area (Å²) >= 11 is 0. The Morgan fingerprint density at radius 1 is 1.30 bits per heavy atom. The van der Waals surface area contributed by atoms with Crippen LogP contribution in [-0.2, 0) is 9.53 Å². The third-order valence-corrected chi connectivity index (χ3v) is 6.32. The summed E-state index contributed by atoms with van der Waals surface area (Å²) in [5.74, 6) is -0.0826. The molecule has 0 spiro atoms. The summed E-state index contributed by atoms with van der Waals surface area (Å²) in [6.45, 7) is 7.85. The average molecular weight is 375 g/mol. The van der Waals surface area contributed by atoms with Crippen LogP contribution in [0, 0.1) is 10.8 Å². The van der Waals surface area contributed by atoms with Crippen molar-refractivity contribution >= 4 is 5.97 Å². The predicted molar refractivity (Wildman–Crippen MR) is 107 cm³/mol. The SMILES string of the molecule is COCC1(CN[C@@H]2CC2c2ccccc2)CCN(CC(C)(C)C(=O)O)CC1. The van der Waals surface area contributed by atoms with E-state index in [1.165, 1.54) is 12.0 Å². The van der Waals surface area contributed by atoms with Crippen molar-refractivity contribution in [3.8, 4) is 0 Å². The Labute approximate surface area is 163 Å². The smallest absolute Gasteiger partial charge is 0.310 e. The summed E-state index contributed by atoms with van der Waals surface area (Å²) in [4.78, 5) is 13.7. The molecule has 1 heterocycles. The van der Waals surface area contributed by atoms with Crippen LogP contribution in [0.25, 0.3) is 0 Å². The number of methoxy groups -OCH3 is 1. The Morgan fingerprint density at radius 3 is 2.56 bits per heavy atom. The van der Waals surface area contributed by atoms with E-state index in [9.17, 15) is 9.90 Å². The standard InChI is InChI=1S/C22H34N2O3/c1-21(2,20(25)26)15-24-11-9-22(10-12-24,16-27-3)14-23-19-13-18(19)17-7-5-4-6-8-17/h4-8,18-19,23H,9-16H2,1-3H3,(H,25,26)/t18?,19-/m1/s1. The van der Waals surface area contributed by atoms with Gasteiger partial charge in [0.25, 0.3) is 0 Å². The van der Waals surface area contributed by atoms with Gasteiger partial charge in [-0.15, -0.1) is 0 Å². The molecular formula is C22H34N2O3. The van der Waals surface area contributed by atoms with Crippen LogP contribution in [0.4, 0.5) is 0 Å². The topological polar surface area (TPSA) is 61.8 Å². The molecule has 1 unspecified atom stereocenters. The third-order valence-electron chi connectivity index (χ3n) is 6.32. The lowest BCUT2D eigenvalue weighted by molar-refractivity contribution is -0.148. The van der Waals surface area contributed by atoms with Crippen molar-refractivity contribution < 1.29 is 14.6 Å². The molecule has 3 rings (SSSR count). The van der Waals surface area contributed by atoms with E-state index in [4.69, 9.17) is 4.74 Å². The lowest BCUT2D eigenvalue weighted by Gasteiger charge is -2.43. The van der Waals surface area contributed by atoms with Crippen molar-refractivity contribution in [2.45, 2.75) is 45.1 Å². The number of likely N-dealkylation sites (tertiary alicyclic amines) is 1. The number of rotatable bonds is 9. The van der Waals surface area contributed by atoms with E-state index in [-0.39, 0.29) is 5.41 Å². The summed E-state index contributed by atoms with van der Waals surface area (Å²) in [6.07, 6.45) is 3.31. The molecule has 1 aromatic carbocycles. The van der Waals surface area contributed by atoms with Gasteiger partial charge in [-0.05, 0) is 51.8 Å². The molecular weight excluding hydrogens is 340 g/mol. The molecule has 150 valence electrons. The number of nitrogens with one attached hydrogen (secondary N) is 1. The van der Waals surface area contributed by atoms with E-state index in [1.807, 2.05) is 13.8 Å². The number of aliphatic carboxylic acids is 1. The van der Waals surface area contributed by atoms with Crippen molar-refractivity contribution in [2.75, 3.05) is 39.9 Å². The van der Waals surface area contributed by atoms with Gasteiger partial charge in [-0.3, -0.25) is 4.79 Å². The quantitative estimate of drug-likeness (QED) is 0.696. The number of ether oxygens (including phenoxy) is 1. The van der Waals surface area contributed by atoms with Crippen molar-refractivity contribution in [3.05, 3.63) is 35.9 Å². The zero-order valence-corrected chi connectivity index (χ0v) is 16.9. The second-order valence-corrected chi connectivity index (χ2v) is 9.14. The van der Waals surface area contributed by atoms with Crippen LogP contribution in [0.2, 0.25) is 0 Å². The first-order chi connectivity index (χ1) is 12.9. The normalized spacial score (nSPS) is 25.3. The highest BCUT2D eigenvalue weighted by Crippen LogP contribution is 2.42. The van der Waals surface area contributed by atoms with Crippen LogP contribution in [0.15, 0.2) is 30.3 Å². The van der Waals surface area contributed by atoms with Crippen molar-refractivity contribution in [2.24, 2.45) is 10.8 Å². The highest BCUT2D eigenvalue weighted by Gasteiger charge is 2.42. The molecule has 5 nitrogen and oxygen atoms in total. The third kappa shape index (κ3) is 5.09. The molecule has 1 aliphatic heterocycles. The summed E-state index contributed by atoms with van der Waals surface area (Å²) in [6, 6.07) is 11.3. The zero-order valence-electron chi connectivity index (χ0n) is 16.9. The van der Waals surface area contributed by atoms with Gasteiger partial charge >= 0.3 is 5.97 Å². The van der Waals surface area contributed by atoms with Crippen LogP contribution in [0.5, 0.6) is 0 Å². The van der Waals surface area contributed by atoms with Gasteiger partial charge in [0.2, 0.25) is 0 Å². The van der Waals surface area contributed by atoms with E-state index in [2.05, 4.69) is 40.5 Å². The molecule has 0 amide bonds. The van der Waals surface area contributed by atoms with Crippen molar-refractivity contribution in [1.29, 1.82) is 0 Å². The Morgan fingerprint density at radius 2 is 1.96 bits per heavy atom. The van der Waals surface area contributed by atoms with E-state index < -0.39 is 11.4 Å². The van der Waals surface area contributed by atoms with Crippen molar-refractivity contribution in [3.63, 3.8) is 0 Å². The van der Waals surface area contributed by atoms with E-state index >= 15 is 0 Å². The highest BCUT2D eigenvalue weighted by atomic mass is 16.5. The maximum atomic E-state index is 11.4. The summed E-state index contributed by atoms with van der Waals surface area (Å²) in [5, 5.41) is 13.2. The fourth-order valence-electron chi connectivity index (χ4n) is 4.33. The van der Waals surface area contributed by atoms with Crippen LogP contribution in [-0.4, -0.2) is 61.9 Å². The Bertz CT molecular complexity index is 624. The Kier molecular flexibility index (Phi) is 6.24. The number of carbonyl (C=O) groups is 1. The minimum Gasteiger partial charge on any atom is -0.481 e. The molecule has 27 heavy (non-hydrogen) atoms. The fourth-order valence-corrected chi connectivity index (χ4v) is 4.33. The summed E-state index contributed by atoms with van der Waals surface area (Å²) < 4.78 is 5.57. The van der Waals surface area contributed by atoms with Gasteiger partial charge < -0.3 is 20.1 Å². The first-order valence-corrected chi connectivity index (χ1v) is 10.1. The molecule has 0 radical (unpaired) electrons. The molecule has 1 aromatic rings. The zero-order chi connectivity index (χ0) is 19.5. The van der Waals surface area contributed by atoms with Crippen LogP contribution in [0.1, 0.15) is 44.6 Å². The number of carboxylic acid groups (broad SMARTS) is 1. The van der Waals surface area contributed by atoms with Crippen LogP contribution >= 0.6 is 0 Å². The maximum absolute atomic E-state index is 11.4. The van der Waals surface area contributed by atoms with E-state index in [0.717, 1.165) is 39.1 Å². The molecule has 1 saturated carbocycles. The molecule has 1 saturated heterocycles. The van der Waals surface area contributed by atoms with Crippen molar-refractivity contribution in [1.82, 2.24) is 10.2 Å². The highest BCUT2D eigenvalue weighted by molar-refractivity contribution is 5.73. The number of carboxylic acids is 1. The number of hydrogen-bond donors (Lipinski definition) is 2. The van der Waals surface area contributed by atoms with Gasteiger partial charge in [0.05, 0.1) is 12.0 Å². The first-order valence-electron chi connectivity index (χ1n) is 10.1. The molecule has 0 aromatic heterocycles. The number of hydrogen-bond acceptors (Lipinski definition) is 4. The molecule has 2 N–H and O–H groups in total. The summed E-state index contributed by atoms with van der Waals surface area (Å²) in [5.41, 5.74) is 0.889. The van der Waals surface area contributed by atoms with Gasteiger partial charge in [-0.25, -0.2) is 0 Å². The maximum Gasteiger partial charge on any atom is 0.310 e. The Hall–Kier alpha value is -1.43. The predicted octanol–water partition coefficient (Wildman–Crippen LogP) is 2.97.